The van der Waals surface area contributed by atoms with Gasteiger partial charge in [0.05, 0.1) is 6.04 Å². The van der Waals surface area contributed by atoms with E-state index in [1.165, 1.54) is 4.90 Å². The molecule has 1 aliphatic rings. The highest BCUT2D eigenvalue weighted by Crippen LogP contribution is 2.37. The van der Waals surface area contributed by atoms with Crippen molar-refractivity contribution in [3.63, 3.8) is 0 Å². The summed E-state index contributed by atoms with van der Waals surface area (Å²) in [5, 5.41) is 3.81. The van der Waals surface area contributed by atoms with Gasteiger partial charge in [-0.25, -0.2) is 0 Å². The minimum atomic E-state index is 0. The summed E-state index contributed by atoms with van der Waals surface area (Å²) in [6.45, 7) is 1.92. The lowest BCUT2D eigenvalue weighted by molar-refractivity contribution is -0.122. The molecule has 3 N–H and O–H groups in total. The highest BCUT2D eigenvalue weighted by Gasteiger charge is 2.22. The Bertz CT molecular complexity index is 468. The van der Waals surface area contributed by atoms with Gasteiger partial charge >= 0.3 is 0 Å². The minimum absolute atomic E-state index is 0. The zero-order chi connectivity index (χ0) is 13.8. The molecule has 0 bridgehead atoms. The predicted molar refractivity (Wildman–Crippen MR) is 87.8 cm³/mol. The van der Waals surface area contributed by atoms with E-state index in [-0.39, 0.29) is 30.4 Å². The first-order valence-electron chi connectivity index (χ1n) is 6.53. The summed E-state index contributed by atoms with van der Waals surface area (Å²) in [6.07, 6.45) is 2.15. The molecule has 0 fully saturated rings. The second kappa shape index (κ2) is 8.13. The summed E-state index contributed by atoms with van der Waals surface area (Å²) in [5.74, 6) is 1.09. The van der Waals surface area contributed by atoms with E-state index in [2.05, 4.69) is 5.32 Å². The maximum absolute atomic E-state index is 11.9. The Kier molecular flexibility index (Phi) is 7.17. The largest absolute Gasteiger partial charge is 0.349 e. The van der Waals surface area contributed by atoms with E-state index >= 15 is 0 Å². The van der Waals surface area contributed by atoms with Crippen LogP contribution in [0.4, 0.5) is 0 Å². The van der Waals surface area contributed by atoms with Crippen molar-refractivity contribution >= 4 is 41.7 Å². The quantitative estimate of drug-likeness (QED) is 0.885. The number of hydrogen-bond donors (Lipinski definition) is 2. The fourth-order valence-electron chi connectivity index (χ4n) is 2.14. The Hall–Kier alpha value is -0.420. The molecule has 0 saturated heterocycles. The van der Waals surface area contributed by atoms with Gasteiger partial charge in [0.2, 0.25) is 5.91 Å². The highest BCUT2D eigenvalue weighted by atomic mass is 35.5. The van der Waals surface area contributed by atoms with Gasteiger partial charge in [-0.05, 0) is 43.5 Å². The van der Waals surface area contributed by atoms with Crippen LogP contribution in [0.2, 0.25) is 5.02 Å². The monoisotopic (exact) mass is 334 g/mol. The van der Waals surface area contributed by atoms with Crippen LogP contribution in [-0.2, 0) is 4.79 Å². The lowest BCUT2D eigenvalue weighted by Crippen LogP contribution is -2.31. The maximum atomic E-state index is 11.9. The molecule has 20 heavy (non-hydrogen) atoms. The van der Waals surface area contributed by atoms with E-state index < -0.39 is 0 Å². The number of halogens is 2. The van der Waals surface area contributed by atoms with E-state index in [4.69, 9.17) is 17.3 Å². The lowest BCUT2D eigenvalue weighted by atomic mass is 10.0. The van der Waals surface area contributed by atoms with Crippen molar-refractivity contribution in [2.24, 2.45) is 5.73 Å². The molecular formula is C14H20Cl2N2OS. The number of carbonyl (C=O) groups is 1. The average Bonchev–Trinajstić information content (AvgIpc) is 2.37. The molecular weight excluding hydrogens is 315 g/mol. The van der Waals surface area contributed by atoms with Crippen molar-refractivity contribution in [1.82, 2.24) is 5.32 Å². The minimum Gasteiger partial charge on any atom is -0.349 e. The third kappa shape index (κ3) is 4.85. The topological polar surface area (TPSA) is 55.1 Å². The first-order valence-corrected chi connectivity index (χ1v) is 7.90. The van der Waals surface area contributed by atoms with Gasteiger partial charge in [-0.2, -0.15) is 0 Å². The third-order valence-corrected chi connectivity index (χ3v) is 4.53. The van der Waals surface area contributed by atoms with Gasteiger partial charge in [-0.1, -0.05) is 11.6 Å². The van der Waals surface area contributed by atoms with Crippen molar-refractivity contribution in [3.8, 4) is 0 Å². The molecule has 6 heteroatoms. The van der Waals surface area contributed by atoms with E-state index in [1.54, 1.807) is 0 Å². The number of rotatable bonds is 4. The van der Waals surface area contributed by atoms with Crippen LogP contribution in [0.15, 0.2) is 23.1 Å². The number of nitrogens with two attached hydrogens (primary N) is 1. The Morgan fingerprint density at radius 1 is 1.60 bits per heavy atom. The summed E-state index contributed by atoms with van der Waals surface area (Å²) in [4.78, 5) is 13.1. The zero-order valence-electron chi connectivity index (χ0n) is 11.4. The van der Waals surface area contributed by atoms with Crippen LogP contribution in [-0.4, -0.2) is 17.7 Å². The van der Waals surface area contributed by atoms with Crippen molar-refractivity contribution in [1.29, 1.82) is 0 Å². The molecule has 1 aromatic carbocycles. The Morgan fingerprint density at radius 3 is 3.05 bits per heavy atom. The molecule has 0 spiro atoms. The first kappa shape index (κ1) is 17.6. The van der Waals surface area contributed by atoms with Crippen LogP contribution in [0.25, 0.3) is 0 Å². The summed E-state index contributed by atoms with van der Waals surface area (Å²) in [6, 6.07) is 6.03. The second-order valence-corrected chi connectivity index (χ2v) is 6.53. The number of nitrogens with one attached hydrogen (secondary N) is 1. The summed E-state index contributed by atoms with van der Waals surface area (Å²) >= 11 is 7.86. The SMILES string of the molecule is CC(N)CCC(=O)NC1CCSc2ccc(Cl)cc21.Cl. The number of amides is 1. The number of hydrogen-bond acceptors (Lipinski definition) is 3. The van der Waals surface area contributed by atoms with E-state index in [0.29, 0.717) is 6.42 Å². The second-order valence-electron chi connectivity index (χ2n) is 4.96. The Morgan fingerprint density at radius 2 is 2.35 bits per heavy atom. The molecule has 3 nitrogen and oxygen atoms in total. The average molecular weight is 335 g/mol. The van der Waals surface area contributed by atoms with Crippen molar-refractivity contribution in [3.05, 3.63) is 28.8 Å². The van der Waals surface area contributed by atoms with Gasteiger partial charge in [0.25, 0.3) is 0 Å². The van der Waals surface area contributed by atoms with Crippen LogP contribution in [0.3, 0.4) is 0 Å². The molecule has 2 atom stereocenters. The smallest absolute Gasteiger partial charge is 0.220 e. The van der Waals surface area contributed by atoms with Crippen LogP contribution >= 0.6 is 35.8 Å². The fourth-order valence-corrected chi connectivity index (χ4v) is 3.43. The molecule has 112 valence electrons. The molecule has 0 aromatic heterocycles. The molecule has 1 aliphatic heterocycles. The normalized spacial score (nSPS) is 18.6. The van der Waals surface area contributed by atoms with Crippen molar-refractivity contribution < 1.29 is 4.79 Å². The van der Waals surface area contributed by atoms with Crippen LogP contribution < -0.4 is 11.1 Å². The van der Waals surface area contributed by atoms with Gasteiger partial charge in [0, 0.05) is 28.1 Å². The standard InChI is InChI=1S/C14H19ClN2OS.ClH/c1-9(16)2-5-14(18)17-12-6-7-19-13-4-3-10(15)8-11(12)13;/h3-4,8-9,12H,2,5-7,16H2,1H3,(H,17,18);1H. The van der Waals surface area contributed by atoms with E-state index in [9.17, 15) is 4.79 Å². The number of benzene rings is 1. The molecule has 2 rings (SSSR count). The van der Waals surface area contributed by atoms with Gasteiger partial charge in [-0.15, -0.1) is 24.2 Å². The summed E-state index contributed by atoms with van der Waals surface area (Å²) in [5.41, 5.74) is 6.81. The zero-order valence-corrected chi connectivity index (χ0v) is 13.8. The molecule has 1 aromatic rings. The maximum Gasteiger partial charge on any atom is 0.220 e. The summed E-state index contributed by atoms with van der Waals surface area (Å²) in [7, 11) is 0. The molecule has 0 saturated carbocycles. The Balaban J connectivity index is 0.00000200. The Labute approximate surface area is 135 Å². The van der Waals surface area contributed by atoms with Crippen LogP contribution in [0, 0.1) is 0 Å². The lowest BCUT2D eigenvalue weighted by Gasteiger charge is -2.26. The third-order valence-electron chi connectivity index (χ3n) is 3.17. The van der Waals surface area contributed by atoms with E-state index in [1.807, 2.05) is 36.9 Å². The van der Waals surface area contributed by atoms with Crippen LogP contribution in [0.1, 0.15) is 37.8 Å². The number of fused-ring (bicyclic) bond motifs is 1. The molecule has 1 amide bonds. The molecule has 0 radical (unpaired) electrons. The fraction of sp³-hybridized carbons (Fsp3) is 0.500. The number of thioether (sulfide) groups is 1. The van der Waals surface area contributed by atoms with E-state index in [0.717, 1.165) is 29.2 Å². The van der Waals surface area contributed by atoms with Crippen molar-refractivity contribution in [2.45, 2.75) is 43.2 Å². The summed E-state index contributed by atoms with van der Waals surface area (Å²) < 4.78 is 0. The van der Waals surface area contributed by atoms with Gasteiger partial charge < -0.3 is 11.1 Å². The molecule has 2 unspecified atom stereocenters. The first-order chi connectivity index (χ1) is 9.06. The predicted octanol–water partition coefficient (Wildman–Crippen LogP) is 3.54. The number of carbonyl (C=O) groups excluding carboxylic acids is 1. The van der Waals surface area contributed by atoms with Crippen LogP contribution in [0.5, 0.6) is 0 Å². The van der Waals surface area contributed by atoms with Gasteiger partial charge in [0.15, 0.2) is 0 Å². The molecule has 0 aliphatic carbocycles. The van der Waals surface area contributed by atoms with Gasteiger partial charge in [-0.3, -0.25) is 4.79 Å². The molecule has 1 heterocycles. The van der Waals surface area contributed by atoms with Gasteiger partial charge in [0.1, 0.15) is 0 Å². The highest BCUT2D eigenvalue weighted by molar-refractivity contribution is 7.99. The van der Waals surface area contributed by atoms with Crippen molar-refractivity contribution in [2.75, 3.05) is 5.75 Å².